The van der Waals surface area contributed by atoms with Crippen molar-refractivity contribution in [2.24, 2.45) is 0 Å². The van der Waals surface area contributed by atoms with E-state index in [1.165, 1.54) is 5.56 Å². The third-order valence-electron chi connectivity index (χ3n) is 5.34. The lowest BCUT2D eigenvalue weighted by molar-refractivity contribution is 0.0703. The van der Waals surface area contributed by atoms with Gasteiger partial charge in [-0.05, 0) is 49.4 Å². The number of aromatic nitrogens is 3. The molecule has 1 amide bonds. The predicted octanol–water partition coefficient (Wildman–Crippen LogP) is 4.34. The molecule has 1 aliphatic heterocycles. The maximum Gasteiger partial charge on any atom is 0.255 e. The Bertz CT molecular complexity index is 937. The van der Waals surface area contributed by atoms with Gasteiger partial charge in [-0.25, -0.2) is 4.98 Å². The van der Waals surface area contributed by atoms with Crippen LogP contribution in [0.2, 0.25) is 0 Å². The van der Waals surface area contributed by atoms with Crippen molar-refractivity contribution in [2.75, 3.05) is 13.1 Å². The van der Waals surface area contributed by atoms with Gasteiger partial charge in [-0.1, -0.05) is 19.9 Å². The van der Waals surface area contributed by atoms with E-state index in [0.717, 1.165) is 54.0 Å². The molecule has 4 rings (SSSR count). The van der Waals surface area contributed by atoms with E-state index >= 15 is 0 Å². The number of rotatable bonds is 3. The van der Waals surface area contributed by atoms with Crippen LogP contribution in [-0.4, -0.2) is 38.8 Å². The molecular weight excluding hydrogens is 324 g/mol. The van der Waals surface area contributed by atoms with Crippen LogP contribution < -0.4 is 0 Å². The Morgan fingerprint density at radius 3 is 2.96 bits per heavy atom. The van der Waals surface area contributed by atoms with Crippen molar-refractivity contribution in [3.05, 3.63) is 53.1 Å². The van der Waals surface area contributed by atoms with Gasteiger partial charge >= 0.3 is 0 Å². The van der Waals surface area contributed by atoms with Crippen molar-refractivity contribution in [3.63, 3.8) is 0 Å². The minimum Gasteiger partial charge on any atom is -0.364 e. The number of carbonyl (C=O) groups is 1. The summed E-state index contributed by atoms with van der Waals surface area (Å²) in [5.74, 6) is 1.71. The first kappa shape index (κ1) is 16.9. The number of hydrogen-bond donors (Lipinski definition) is 2. The van der Waals surface area contributed by atoms with Gasteiger partial charge in [0.1, 0.15) is 5.82 Å². The summed E-state index contributed by atoms with van der Waals surface area (Å²) in [6.07, 6.45) is 3.94. The lowest BCUT2D eigenvalue weighted by Crippen LogP contribution is -2.39. The standard InChI is InChI=1S/C21H26N4O/c1-13(2)19-16(8-9-22-19)21(26)25-10-4-5-15(12-25)20-23-17-7-6-14(3)11-18(17)24-20/h6-9,11,13,15,22H,4-5,10,12H2,1-3H3,(H,23,24). The Kier molecular flexibility index (Phi) is 4.31. The summed E-state index contributed by atoms with van der Waals surface area (Å²) in [6, 6.07) is 8.19. The minimum atomic E-state index is 0.131. The van der Waals surface area contributed by atoms with E-state index in [1.807, 2.05) is 17.2 Å². The highest BCUT2D eigenvalue weighted by Gasteiger charge is 2.29. The molecule has 2 N–H and O–H groups in total. The summed E-state index contributed by atoms with van der Waals surface area (Å²) in [5, 5.41) is 0. The van der Waals surface area contributed by atoms with Gasteiger partial charge in [-0.3, -0.25) is 4.79 Å². The monoisotopic (exact) mass is 350 g/mol. The number of H-pyrrole nitrogens is 2. The lowest BCUT2D eigenvalue weighted by atomic mass is 9.96. The number of imidazole rings is 1. The van der Waals surface area contributed by atoms with Crippen LogP contribution in [0.15, 0.2) is 30.5 Å². The number of nitrogens with one attached hydrogen (secondary N) is 2. The number of nitrogens with zero attached hydrogens (tertiary/aromatic N) is 2. The smallest absolute Gasteiger partial charge is 0.255 e. The van der Waals surface area contributed by atoms with E-state index in [4.69, 9.17) is 4.98 Å². The maximum atomic E-state index is 13.1. The second kappa shape index (κ2) is 6.63. The van der Waals surface area contributed by atoms with E-state index in [9.17, 15) is 4.79 Å². The molecule has 1 saturated heterocycles. The first-order valence-corrected chi connectivity index (χ1v) is 9.45. The predicted molar refractivity (Wildman–Crippen MR) is 104 cm³/mol. The molecule has 5 heteroatoms. The molecule has 26 heavy (non-hydrogen) atoms. The fourth-order valence-electron chi connectivity index (χ4n) is 3.94. The average Bonchev–Trinajstić information content (AvgIpc) is 3.27. The lowest BCUT2D eigenvalue weighted by Gasteiger charge is -2.32. The topological polar surface area (TPSA) is 64.8 Å². The number of carbonyl (C=O) groups excluding carboxylic acids is 1. The molecular formula is C21H26N4O. The molecule has 0 radical (unpaired) electrons. The number of aromatic amines is 2. The van der Waals surface area contributed by atoms with Crippen molar-refractivity contribution in [1.29, 1.82) is 0 Å². The summed E-state index contributed by atoms with van der Waals surface area (Å²) < 4.78 is 0. The van der Waals surface area contributed by atoms with Gasteiger partial charge in [0.15, 0.2) is 0 Å². The van der Waals surface area contributed by atoms with Crippen LogP contribution in [-0.2, 0) is 0 Å². The maximum absolute atomic E-state index is 13.1. The molecule has 3 heterocycles. The third kappa shape index (κ3) is 3.02. The Hall–Kier alpha value is -2.56. The van der Waals surface area contributed by atoms with E-state index < -0.39 is 0 Å². The average molecular weight is 350 g/mol. The number of amides is 1. The number of hydrogen-bond acceptors (Lipinski definition) is 2. The van der Waals surface area contributed by atoms with E-state index in [1.54, 1.807) is 0 Å². The molecule has 1 atom stereocenters. The number of aryl methyl sites for hydroxylation is 1. The zero-order valence-corrected chi connectivity index (χ0v) is 15.7. The number of fused-ring (bicyclic) bond motifs is 1. The van der Waals surface area contributed by atoms with E-state index in [-0.39, 0.29) is 11.8 Å². The molecule has 5 nitrogen and oxygen atoms in total. The van der Waals surface area contributed by atoms with Crippen LogP contribution in [0.3, 0.4) is 0 Å². The number of piperidine rings is 1. The summed E-state index contributed by atoms with van der Waals surface area (Å²) >= 11 is 0. The second-order valence-electron chi connectivity index (χ2n) is 7.69. The van der Waals surface area contributed by atoms with Crippen molar-refractivity contribution < 1.29 is 4.79 Å². The number of benzene rings is 1. The molecule has 0 saturated carbocycles. The highest BCUT2D eigenvalue weighted by molar-refractivity contribution is 5.95. The first-order chi connectivity index (χ1) is 12.5. The molecule has 2 aromatic heterocycles. The molecule has 0 bridgehead atoms. The molecule has 0 spiro atoms. The van der Waals surface area contributed by atoms with Crippen LogP contribution in [0, 0.1) is 6.92 Å². The summed E-state index contributed by atoms with van der Waals surface area (Å²) in [4.78, 5) is 26.5. The highest BCUT2D eigenvalue weighted by atomic mass is 16.2. The zero-order chi connectivity index (χ0) is 18.3. The zero-order valence-electron chi connectivity index (χ0n) is 15.7. The van der Waals surface area contributed by atoms with E-state index in [0.29, 0.717) is 5.92 Å². The fraction of sp³-hybridized carbons (Fsp3) is 0.429. The van der Waals surface area contributed by atoms with Crippen molar-refractivity contribution in [1.82, 2.24) is 19.9 Å². The Morgan fingerprint density at radius 1 is 1.31 bits per heavy atom. The van der Waals surface area contributed by atoms with Crippen LogP contribution in [0.1, 0.15) is 66.0 Å². The normalized spacial score (nSPS) is 18.0. The van der Waals surface area contributed by atoms with Crippen molar-refractivity contribution >= 4 is 16.9 Å². The second-order valence-corrected chi connectivity index (χ2v) is 7.69. The van der Waals surface area contributed by atoms with Gasteiger partial charge in [-0.2, -0.15) is 0 Å². The summed E-state index contributed by atoms with van der Waals surface area (Å²) in [7, 11) is 0. The first-order valence-electron chi connectivity index (χ1n) is 9.45. The molecule has 3 aromatic rings. The van der Waals surface area contributed by atoms with Crippen LogP contribution in [0.25, 0.3) is 11.0 Å². The van der Waals surface area contributed by atoms with Gasteiger partial charge in [0.2, 0.25) is 0 Å². The Labute approximate surface area is 153 Å². The Morgan fingerprint density at radius 2 is 2.15 bits per heavy atom. The van der Waals surface area contributed by atoms with E-state index in [2.05, 4.69) is 48.9 Å². The molecule has 1 fully saturated rings. The Balaban J connectivity index is 1.56. The summed E-state index contributed by atoms with van der Waals surface area (Å²) in [5.41, 5.74) is 5.14. The van der Waals surface area contributed by atoms with Gasteiger partial charge in [-0.15, -0.1) is 0 Å². The third-order valence-corrected chi connectivity index (χ3v) is 5.34. The van der Waals surface area contributed by atoms with Crippen LogP contribution in [0.5, 0.6) is 0 Å². The van der Waals surface area contributed by atoms with Gasteiger partial charge in [0, 0.05) is 30.9 Å². The fourth-order valence-corrected chi connectivity index (χ4v) is 3.94. The SMILES string of the molecule is Cc1ccc2nc(C3CCCN(C(=O)c4cc[nH]c4C(C)C)C3)[nH]c2c1. The van der Waals surface area contributed by atoms with Gasteiger partial charge in [0.05, 0.1) is 16.6 Å². The summed E-state index contributed by atoms with van der Waals surface area (Å²) in [6.45, 7) is 7.85. The number of likely N-dealkylation sites (tertiary alicyclic amines) is 1. The van der Waals surface area contributed by atoms with Crippen LogP contribution in [0.4, 0.5) is 0 Å². The highest BCUT2D eigenvalue weighted by Crippen LogP contribution is 2.29. The molecule has 1 aliphatic rings. The van der Waals surface area contributed by atoms with Gasteiger partial charge in [0.25, 0.3) is 5.91 Å². The molecule has 136 valence electrons. The largest absolute Gasteiger partial charge is 0.364 e. The quantitative estimate of drug-likeness (QED) is 0.738. The van der Waals surface area contributed by atoms with Crippen molar-refractivity contribution in [3.8, 4) is 0 Å². The minimum absolute atomic E-state index is 0.131. The molecule has 1 unspecified atom stereocenters. The van der Waals surface area contributed by atoms with Gasteiger partial charge < -0.3 is 14.9 Å². The molecule has 0 aliphatic carbocycles. The molecule has 1 aromatic carbocycles. The van der Waals surface area contributed by atoms with Crippen LogP contribution >= 0.6 is 0 Å². The van der Waals surface area contributed by atoms with Crippen molar-refractivity contribution in [2.45, 2.75) is 45.4 Å².